The SMILES string of the molecule is CC(C)(C)c1ccc(CN2CCN(c3ccc(C(N)=O)cn3)CC2)cc1. The van der Waals surface area contributed by atoms with Crippen LogP contribution in [0, 0.1) is 0 Å². The number of rotatable bonds is 4. The third-order valence-electron chi connectivity index (χ3n) is 4.95. The van der Waals surface area contributed by atoms with Gasteiger partial charge in [-0.2, -0.15) is 0 Å². The Hall–Kier alpha value is -2.40. The summed E-state index contributed by atoms with van der Waals surface area (Å²) in [4.78, 5) is 20.2. The van der Waals surface area contributed by atoms with Crippen LogP contribution in [0.15, 0.2) is 42.6 Å². The fourth-order valence-corrected chi connectivity index (χ4v) is 3.22. The van der Waals surface area contributed by atoms with E-state index in [0.29, 0.717) is 5.56 Å². The van der Waals surface area contributed by atoms with Crippen molar-refractivity contribution < 1.29 is 4.79 Å². The van der Waals surface area contributed by atoms with E-state index in [1.807, 2.05) is 6.07 Å². The Morgan fingerprint density at radius 1 is 1.04 bits per heavy atom. The second kappa shape index (κ2) is 7.46. The highest BCUT2D eigenvalue weighted by molar-refractivity contribution is 5.92. The first-order chi connectivity index (χ1) is 12.3. The highest BCUT2D eigenvalue weighted by Gasteiger charge is 2.19. The molecule has 5 heteroatoms. The van der Waals surface area contributed by atoms with Gasteiger partial charge in [0.05, 0.1) is 5.56 Å². The first-order valence-corrected chi connectivity index (χ1v) is 9.15. The average Bonchev–Trinajstić information content (AvgIpc) is 2.62. The van der Waals surface area contributed by atoms with E-state index >= 15 is 0 Å². The lowest BCUT2D eigenvalue weighted by molar-refractivity contribution is 0.1000. The molecule has 1 saturated heterocycles. The van der Waals surface area contributed by atoms with Crippen molar-refractivity contribution in [3.63, 3.8) is 0 Å². The van der Waals surface area contributed by atoms with Crippen molar-refractivity contribution in [3.8, 4) is 0 Å². The minimum absolute atomic E-state index is 0.196. The molecule has 5 nitrogen and oxygen atoms in total. The molecule has 0 unspecified atom stereocenters. The van der Waals surface area contributed by atoms with Crippen LogP contribution in [-0.2, 0) is 12.0 Å². The van der Waals surface area contributed by atoms with E-state index in [1.54, 1.807) is 12.3 Å². The molecule has 0 atom stereocenters. The number of hydrogen-bond donors (Lipinski definition) is 1. The van der Waals surface area contributed by atoms with Crippen molar-refractivity contribution in [1.29, 1.82) is 0 Å². The molecular weight excluding hydrogens is 324 g/mol. The van der Waals surface area contributed by atoms with E-state index in [9.17, 15) is 4.79 Å². The number of nitrogens with zero attached hydrogens (tertiary/aromatic N) is 3. The molecule has 3 rings (SSSR count). The summed E-state index contributed by atoms with van der Waals surface area (Å²) < 4.78 is 0. The molecule has 0 saturated carbocycles. The Morgan fingerprint density at radius 2 is 1.69 bits per heavy atom. The van der Waals surface area contributed by atoms with Gasteiger partial charge in [0, 0.05) is 38.9 Å². The quantitative estimate of drug-likeness (QED) is 0.919. The molecule has 1 amide bonds. The maximum Gasteiger partial charge on any atom is 0.250 e. The van der Waals surface area contributed by atoms with E-state index in [-0.39, 0.29) is 5.41 Å². The number of carbonyl (C=O) groups excluding carboxylic acids is 1. The standard InChI is InChI=1S/C21H28N4O/c1-21(2,3)18-7-4-16(5-8-18)15-24-10-12-25(13-11-24)19-9-6-17(14-23-19)20(22)26/h4-9,14H,10-13,15H2,1-3H3,(H2,22,26). The van der Waals surface area contributed by atoms with Gasteiger partial charge < -0.3 is 10.6 Å². The van der Waals surface area contributed by atoms with Crippen LogP contribution < -0.4 is 10.6 Å². The van der Waals surface area contributed by atoms with Gasteiger partial charge >= 0.3 is 0 Å². The number of hydrogen-bond acceptors (Lipinski definition) is 4. The van der Waals surface area contributed by atoms with E-state index in [0.717, 1.165) is 38.5 Å². The molecule has 1 aliphatic heterocycles. The van der Waals surface area contributed by atoms with Crippen LogP contribution in [0.2, 0.25) is 0 Å². The molecule has 1 aromatic carbocycles. The van der Waals surface area contributed by atoms with Crippen molar-refractivity contribution in [2.45, 2.75) is 32.7 Å². The average molecular weight is 352 g/mol. The number of primary amides is 1. The summed E-state index contributed by atoms with van der Waals surface area (Å²) in [5.41, 5.74) is 8.64. The highest BCUT2D eigenvalue weighted by Crippen LogP contribution is 2.23. The van der Waals surface area contributed by atoms with Gasteiger partial charge in [-0.3, -0.25) is 9.69 Å². The van der Waals surface area contributed by atoms with Crippen LogP contribution in [0.3, 0.4) is 0 Å². The fourth-order valence-electron chi connectivity index (χ4n) is 3.22. The Labute approximate surface area is 155 Å². The maximum atomic E-state index is 11.1. The van der Waals surface area contributed by atoms with Crippen LogP contribution >= 0.6 is 0 Å². The lowest BCUT2D eigenvalue weighted by atomic mass is 9.87. The van der Waals surface area contributed by atoms with Gasteiger partial charge in [-0.15, -0.1) is 0 Å². The van der Waals surface area contributed by atoms with Crippen LogP contribution in [0.5, 0.6) is 0 Å². The van der Waals surface area contributed by atoms with E-state index < -0.39 is 5.91 Å². The van der Waals surface area contributed by atoms with Gasteiger partial charge in [-0.05, 0) is 28.7 Å². The number of benzene rings is 1. The molecule has 1 aromatic heterocycles. The molecule has 2 aromatic rings. The molecule has 26 heavy (non-hydrogen) atoms. The molecule has 1 aliphatic rings. The third-order valence-corrected chi connectivity index (χ3v) is 4.95. The van der Waals surface area contributed by atoms with E-state index in [4.69, 9.17) is 5.73 Å². The number of aromatic nitrogens is 1. The number of nitrogens with two attached hydrogens (primary N) is 1. The number of piperazine rings is 1. The van der Waals surface area contributed by atoms with Crippen LogP contribution in [0.25, 0.3) is 0 Å². The van der Waals surface area contributed by atoms with Crippen molar-refractivity contribution in [2.24, 2.45) is 5.73 Å². The van der Waals surface area contributed by atoms with Crippen LogP contribution in [0.1, 0.15) is 42.3 Å². The van der Waals surface area contributed by atoms with Gasteiger partial charge in [0.1, 0.15) is 5.82 Å². The molecule has 0 aliphatic carbocycles. The summed E-state index contributed by atoms with van der Waals surface area (Å²) >= 11 is 0. The predicted molar refractivity (Wildman–Crippen MR) is 105 cm³/mol. The minimum Gasteiger partial charge on any atom is -0.366 e. The lowest BCUT2D eigenvalue weighted by Gasteiger charge is -2.35. The van der Waals surface area contributed by atoms with Crippen LogP contribution in [0.4, 0.5) is 5.82 Å². The lowest BCUT2D eigenvalue weighted by Crippen LogP contribution is -2.46. The van der Waals surface area contributed by atoms with E-state index in [2.05, 4.69) is 59.8 Å². The van der Waals surface area contributed by atoms with Gasteiger partial charge in [0.25, 0.3) is 0 Å². The van der Waals surface area contributed by atoms with Gasteiger partial charge in [-0.25, -0.2) is 4.98 Å². The number of pyridine rings is 1. The maximum absolute atomic E-state index is 11.1. The predicted octanol–water partition coefficient (Wildman–Crippen LogP) is 2.80. The van der Waals surface area contributed by atoms with Crippen molar-refractivity contribution in [3.05, 3.63) is 59.3 Å². The zero-order valence-corrected chi connectivity index (χ0v) is 15.9. The molecular formula is C21H28N4O. The fraction of sp³-hybridized carbons (Fsp3) is 0.429. The summed E-state index contributed by atoms with van der Waals surface area (Å²) in [6.07, 6.45) is 1.56. The molecule has 0 spiro atoms. The molecule has 1 fully saturated rings. The number of anilines is 1. The van der Waals surface area contributed by atoms with Gasteiger partial charge in [0.2, 0.25) is 5.91 Å². The van der Waals surface area contributed by atoms with Crippen LogP contribution in [-0.4, -0.2) is 42.0 Å². The largest absolute Gasteiger partial charge is 0.366 e. The Morgan fingerprint density at radius 3 is 2.19 bits per heavy atom. The monoisotopic (exact) mass is 352 g/mol. The molecule has 2 heterocycles. The third kappa shape index (κ3) is 4.41. The second-order valence-electron chi connectivity index (χ2n) is 7.98. The van der Waals surface area contributed by atoms with Gasteiger partial charge in [-0.1, -0.05) is 45.0 Å². The zero-order valence-electron chi connectivity index (χ0n) is 15.9. The highest BCUT2D eigenvalue weighted by atomic mass is 16.1. The van der Waals surface area contributed by atoms with Crippen molar-refractivity contribution in [1.82, 2.24) is 9.88 Å². The Bertz CT molecular complexity index is 739. The summed E-state index contributed by atoms with van der Waals surface area (Å²) in [5.74, 6) is 0.468. The smallest absolute Gasteiger partial charge is 0.250 e. The summed E-state index contributed by atoms with van der Waals surface area (Å²) in [6.45, 7) is 11.6. The van der Waals surface area contributed by atoms with E-state index in [1.165, 1.54) is 11.1 Å². The number of amides is 1. The topological polar surface area (TPSA) is 62.5 Å². The van der Waals surface area contributed by atoms with Crippen molar-refractivity contribution in [2.75, 3.05) is 31.1 Å². The summed E-state index contributed by atoms with van der Waals surface area (Å²) in [5, 5.41) is 0. The van der Waals surface area contributed by atoms with Crippen molar-refractivity contribution >= 4 is 11.7 Å². The first-order valence-electron chi connectivity index (χ1n) is 9.15. The zero-order chi connectivity index (χ0) is 18.7. The normalized spacial score (nSPS) is 15.9. The molecule has 0 bridgehead atoms. The summed E-state index contributed by atoms with van der Waals surface area (Å²) in [7, 11) is 0. The molecule has 2 N–H and O–H groups in total. The minimum atomic E-state index is -0.439. The second-order valence-corrected chi connectivity index (χ2v) is 7.98. The molecule has 138 valence electrons. The summed E-state index contributed by atoms with van der Waals surface area (Å²) in [6, 6.07) is 12.6. The number of carbonyl (C=O) groups is 1. The Balaban J connectivity index is 1.54. The van der Waals surface area contributed by atoms with Gasteiger partial charge in [0.15, 0.2) is 0 Å². The Kier molecular flexibility index (Phi) is 5.28. The first kappa shape index (κ1) is 18.4. The molecule has 0 radical (unpaired) electrons.